The molecule has 0 bridgehead atoms. The summed E-state index contributed by atoms with van der Waals surface area (Å²) < 4.78 is 11.5. The van der Waals surface area contributed by atoms with Crippen molar-refractivity contribution in [3.05, 3.63) is 6.42 Å². The van der Waals surface area contributed by atoms with Crippen molar-refractivity contribution in [3.8, 4) is 0 Å². The van der Waals surface area contributed by atoms with E-state index in [-0.39, 0.29) is 0 Å². The highest BCUT2D eigenvalue weighted by atomic mass is 19.2. The highest BCUT2D eigenvalue weighted by Gasteiger charge is 2.09. The highest BCUT2D eigenvalue weighted by Crippen LogP contribution is 2.00. The number of hydroxylamine groups is 1. The average molecular weight is 90.1 g/mol. The van der Waals surface area contributed by atoms with Crippen molar-refractivity contribution >= 4 is 0 Å². The summed E-state index contributed by atoms with van der Waals surface area (Å²) in [4.78, 5) is 4.26. The van der Waals surface area contributed by atoms with E-state index in [0.29, 0.717) is 18.4 Å². The fourth-order valence-electron chi connectivity index (χ4n) is 0.340. The van der Waals surface area contributed by atoms with Crippen LogP contribution in [-0.4, -0.2) is 18.4 Å². The molecule has 0 atom stereocenters. The van der Waals surface area contributed by atoms with Crippen molar-refractivity contribution in [2.45, 2.75) is 0 Å². The number of hydrogen-bond donors (Lipinski definition) is 0. The molecular weight excluding hydrogens is 85.0 g/mol. The lowest BCUT2D eigenvalue weighted by Gasteiger charge is -1.93. The first-order valence-electron chi connectivity index (χ1n) is 1.77. The Balaban J connectivity index is 2.18. The van der Waals surface area contributed by atoms with Gasteiger partial charge in [-0.25, -0.2) is 0 Å². The number of rotatable bonds is 0. The predicted octanol–water partition coefficient (Wildman–Crippen LogP) is 0.322. The van der Waals surface area contributed by atoms with Gasteiger partial charge in [0.2, 0.25) is 0 Å². The molecule has 1 heterocycles. The first-order valence-corrected chi connectivity index (χ1v) is 1.77. The second kappa shape index (κ2) is 1.53. The summed E-state index contributed by atoms with van der Waals surface area (Å²) in [6, 6.07) is 0. The molecule has 1 aliphatic rings. The molecule has 0 aliphatic carbocycles. The van der Waals surface area contributed by atoms with Crippen LogP contribution in [-0.2, 0) is 4.84 Å². The van der Waals surface area contributed by atoms with Crippen LogP contribution in [0.2, 0.25) is 0 Å². The highest BCUT2D eigenvalue weighted by molar-refractivity contribution is 4.67. The molecule has 0 N–H and O–H groups in total. The Kier molecular flexibility index (Phi) is 1.03. The van der Waals surface area contributed by atoms with E-state index < -0.39 is 0 Å². The fourth-order valence-corrected chi connectivity index (χ4v) is 0.340. The lowest BCUT2D eigenvalue weighted by atomic mass is 10.5. The predicted molar refractivity (Wildman–Crippen MR) is 18.1 cm³/mol. The summed E-state index contributed by atoms with van der Waals surface area (Å²) >= 11 is 0. The molecule has 0 aromatic rings. The van der Waals surface area contributed by atoms with Crippen LogP contribution in [0.25, 0.3) is 0 Å². The lowest BCUT2D eigenvalue weighted by Crippen LogP contribution is -2.02. The molecule has 6 heavy (non-hydrogen) atoms. The van der Waals surface area contributed by atoms with E-state index >= 15 is 0 Å². The number of hydrogen-bond acceptors (Lipinski definition) is 2. The van der Waals surface area contributed by atoms with Gasteiger partial charge in [0.15, 0.2) is 0 Å². The largest absolute Gasteiger partial charge is 0.270 e. The monoisotopic (exact) mass is 90.0 g/mol. The van der Waals surface area contributed by atoms with Crippen LogP contribution in [0.1, 0.15) is 0 Å². The topological polar surface area (TPSA) is 12.5 Å². The molecular formula is C3H5FNO. The smallest absolute Gasteiger partial charge is 0.0760 e. The van der Waals surface area contributed by atoms with Gasteiger partial charge >= 0.3 is 0 Å². The molecule has 2 nitrogen and oxygen atoms in total. The maximum atomic E-state index is 11.5. The van der Waals surface area contributed by atoms with Crippen LogP contribution in [0.5, 0.6) is 0 Å². The summed E-state index contributed by atoms with van der Waals surface area (Å²) in [5, 5.41) is 0.306. The van der Waals surface area contributed by atoms with Gasteiger partial charge in [-0.05, 0) is 5.29 Å². The Bertz CT molecular complexity index is 44.1. The maximum Gasteiger partial charge on any atom is 0.0760 e. The Morgan fingerprint density at radius 1 is 1.83 bits per heavy atom. The van der Waals surface area contributed by atoms with Crippen LogP contribution < -0.4 is 0 Å². The zero-order valence-electron chi connectivity index (χ0n) is 3.22. The van der Waals surface area contributed by atoms with Crippen LogP contribution in [0.4, 0.5) is 4.48 Å². The molecule has 1 rings (SSSR count). The zero-order chi connectivity index (χ0) is 4.41. The molecule has 1 fully saturated rings. The summed E-state index contributed by atoms with van der Waals surface area (Å²) in [5.74, 6) is 0. The van der Waals surface area contributed by atoms with Gasteiger partial charge in [0.25, 0.3) is 0 Å². The van der Waals surface area contributed by atoms with Crippen LogP contribution in [0, 0.1) is 6.42 Å². The fraction of sp³-hybridized carbons (Fsp3) is 0.667. The van der Waals surface area contributed by atoms with Crippen LogP contribution in [0.3, 0.4) is 0 Å². The van der Waals surface area contributed by atoms with Gasteiger partial charge in [-0.3, -0.25) is 4.84 Å². The number of nitrogens with zero attached hydrogens (tertiary/aromatic N) is 1. The van der Waals surface area contributed by atoms with E-state index in [9.17, 15) is 4.48 Å². The van der Waals surface area contributed by atoms with E-state index in [0.717, 1.165) is 0 Å². The van der Waals surface area contributed by atoms with Gasteiger partial charge in [0.05, 0.1) is 13.2 Å². The summed E-state index contributed by atoms with van der Waals surface area (Å²) in [6.45, 7) is 0.719. The molecule has 1 aliphatic heterocycles. The maximum absolute atomic E-state index is 11.5. The summed E-state index contributed by atoms with van der Waals surface area (Å²) in [7, 11) is 0. The minimum atomic E-state index is 0.306. The van der Waals surface area contributed by atoms with E-state index in [1.165, 1.54) is 0 Å². The molecule has 0 spiro atoms. The molecule has 0 saturated carbocycles. The Labute approximate surface area is 35.4 Å². The molecule has 0 unspecified atom stereocenters. The van der Waals surface area contributed by atoms with Crippen LogP contribution >= 0.6 is 0 Å². The minimum Gasteiger partial charge on any atom is -0.270 e. The third-order valence-electron chi connectivity index (χ3n) is 0.605. The third-order valence-corrected chi connectivity index (χ3v) is 0.605. The molecule has 0 amide bonds. The van der Waals surface area contributed by atoms with Gasteiger partial charge < -0.3 is 0 Å². The van der Waals surface area contributed by atoms with Gasteiger partial charge in [0.1, 0.15) is 0 Å². The van der Waals surface area contributed by atoms with E-state index in [1.54, 1.807) is 6.42 Å². The summed E-state index contributed by atoms with van der Waals surface area (Å²) in [5.41, 5.74) is 0. The van der Waals surface area contributed by atoms with Gasteiger partial charge in [0, 0.05) is 6.42 Å². The molecule has 35 valence electrons. The first-order chi connectivity index (χ1) is 2.89. The second-order valence-corrected chi connectivity index (χ2v) is 1.08. The van der Waals surface area contributed by atoms with E-state index in [4.69, 9.17) is 0 Å². The number of halogens is 1. The van der Waals surface area contributed by atoms with Crippen molar-refractivity contribution in [2.75, 3.05) is 13.2 Å². The average Bonchev–Trinajstić information content (AvgIpc) is 1.86. The molecule has 1 saturated heterocycles. The Morgan fingerprint density at radius 3 is 2.83 bits per heavy atom. The SMILES string of the molecule is FN1C[CH]CO1. The van der Waals surface area contributed by atoms with E-state index in [1.807, 2.05) is 0 Å². The van der Waals surface area contributed by atoms with Crippen molar-refractivity contribution in [2.24, 2.45) is 0 Å². The zero-order valence-corrected chi connectivity index (χ0v) is 3.22. The van der Waals surface area contributed by atoms with Crippen molar-refractivity contribution in [1.29, 1.82) is 0 Å². The molecule has 0 aromatic heterocycles. The second-order valence-electron chi connectivity index (χ2n) is 1.08. The molecule has 3 heteroatoms. The van der Waals surface area contributed by atoms with Crippen molar-refractivity contribution < 1.29 is 9.32 Å². The van der Waals surface area contributed by atoms with Crippen LogP contribution in [0.15, 0.2) is 0 Å². The Hall–Kier alpha value is -0.150. The minimum absolute atomic E-state index is 0.306. The summed E-state index contributed by atoms with van der Waals surface area (Å²) in [6.07, 6.45) is 1.71. The lowest BCUT2D eigenvalue weighted by molar-refractivity contribution is -0.241. The van der Waals surface area contributed by atoms with Crippen molar-refractivity contribution in [3.63, 3.8) is 0 Å². The third kappa shape index (κ3) is 0.666. The quantitative estimate of drug-likeness (QED) is 0.397. The van der Waals surface area contributed by atoms with Gasteiger partial charge in [-0.2, -0.15) is 0 Å². The first kappa shape index (κ1) is 4.02. The van der Waals surface area contributed by atoms with Gasteiger partial charge in [-0.15, -0.1) is 4.48 Å². The standard InChI is InChI=1S/C3H5FNO/c4-5-2-1-3-6-5/h1H,2-3H2. The van der Waals surface area contributed by atoms with Gasteiger partial charge in [-0.1, -0.05) is 0 Å². The molecule has 0 aromatic carbocycles. The molecule has 1 radical (unpaired) electrons. The Morgan fingerprint density at radius 2 is 2.67 bits per heavy atom. The van der Waals surface area contributed by atoms with E-state index in [2.05, 4.69) is 4.84 Å². The van der Waals surface area contributed by atoms with Crippen molar-refractivity contribution in [1.82, 2.24) is 5.29 Å². The normalized spacial score (nSPS) is 25.5.